The molecule has 5 nitrogen and oxygen atoms in total. The molecule has 1 unspecified atom stereocenters. The second-order valence-corrected chi connectivity index (χ2v) is 5.88. The van der Waals surface area contributed by atoms with E-state index in [1.165, 1.54) is 0 Å². The molecule has 2 N–H and O–H groups in total. The summed E-state index contributed by atoms with van der Waals surface area (Å²) in [6.07, 6.45) is 3.47. The quantitative estimate of drug-likeness (QED) is 0.873. The molecular weight excluding hydrogens is 254 g/mol. The van der Waals surface area contributed by atoms with Gasteiger partial charge < -0.3 is 10.0 Å². The number of rotatable bonds is 2. The lowest BCUT2D eigenvalue weighted by atomic mass is 10.1. The van der Waals surface area contributed by atoms with E-state index in [2.05, 4.69) is 10.2 Å². The molecule has 2 aliphatic rings. The first-order valence-corrected chi connectivity index (χ1v) is 7.15. The van der Waals surface area contributed by atoms with Gasteiger partial charge in [-0.15, -0.1) is 0 Å². The number of carbonyl (C=O) groups excluding carboxylic acids is 1. The summed E-state index contributed by atoms with van der Waals surface area (Å²) in [6.45, 7) is 0.715. The van der Waals surface area contributed by atoms with Gasteiger partial charge in [-0.3, -0.25) is 9.89 Å². The van der Waals surface area contributed by atoms with E-state index < -0.39 is 5.60 Å². The van der Waals surface area contributed by atoms with Gasteiger partial charge in [-0.1, -0.05) is 18.2 Å². The highest BCUT2D eigenvalue weighted by Gasteiger charge is 2.53. The van der Waals surface area contributed by atoms with Gasteiger partial charge in [-0.05, 0) is 31.7 Å². The lowest BCUT2D eigenvalue weighted by Gasteiger charge is -2.28. The molecule has 2 fully saturated rings. The molecule has 2 heterocycles. The molecule has 5 heteroatoms. The van der Waals surface area contributed by atoms with Crippen molar-refractivity contribution in [3.05, 3.63) is 30.0 Å². The van der Waals surface area contributed by atoms with Crippen LogP contribution in [0.15, 0.2) is 24.3 Å². The average molecular weight is 271 g/mol. The zero-order chi connectivity index (χ0) is 13.7. The van der Waals surface area contributed by atoms with Crippen molar-refractivity contribution in [2.45, 2.75) is 37.3 Å². The van der Waals surface area contributed by atoms with Gasteiger partial charge in [0.1, 0.15) is 0 Å². The fourth-order valence-corrected chi connectivity index (χ4v) is 3.29. The highest BCUT2D eigenvalue weighted by Crippen LogP contribution is 2.45. The molecule has 1 amide bonds. The molecule has 1 atom stereocenters. The first-order chi connectivity index (χ1) is 9.69. The van der Waals surface area contributed by atoms with Crippen LogP contribution in [0.4, 0.5) is 0 Å². The second-order valence-electron chi connectivity index (χ2n) is 5.88. The summed E-state index contributed by atoms with van der Waals surface area (Å²) < 4.78 is 0. The topological polar surface area (TPSA) is 69.2 Å². The normalized spacial score (nSPS) is 24.2. The maximum absolute atomic E-state index is 12.7. The van der Waals surface area contributed by atoms with Crippen LogP contribution in [0.2, 0.25) is 0 Å². The number of nitrogens with zero attached hydrogens (tertiary/aromatic N) is 2. The Balaban J connectivity index is 1.70. The highest BCUT2D eigenvalue weighted by atomic mass is 16.3. The number of aromatic amines is 1. The van der Waals surface area contributed by atoms with Crippen molar-refractivity contribution >= 4 is 16.8 Å². The Bertz CT molecular complexity index is 675. The molecule has 1 aliphatic carbocycles. The summed E-state index contributed by atoms with van der Waals surface area (Å²) in [6, 6.07) is 7.61. The van der Waals surface area contributed by atoms with Crippen molar-refractivity contribution in [3.8, 4) is 0 Å². The minimum absolute atomic E-state index is 0.0366. The van der Waals surface area contributed by atoms with Gasteiger partial charge in [0, 0.05) is 11.9 Å². The molecule has 0 bridgehead atoms. The third-order valence-electron chi connectivity index (χ3n) is 4.57. The molecule has 1 saturated carbocycles. The molecule has 1 aromatic carbocycles. The number of fused-ring (bicyclic) bond motifs is 1. The minimum Gasteiger partial charge on any atom is -0.388 e. The number of aromatic nitrogens is 2. The van der Waals surface area contributed by atoms with Crippen molar-refractivity contribution in [2.24, 2.45) is 0 Å². The summed E-state index contributed by atoms with van der Waals surface area (Å²) in [5, 5.41) is 18.3. The molecule has 0 spiro atoms. The van der Waals surface area contributed by atoms with E-state index in [9.17, 15) is 9.90 Å². The zero-order valence-corrected chi connectivity index (χ0v) is 11.2. The maximum Gasteiger partial charge on any atom is 0.275 e. The van der Waals surface area contributed by atoms with Crippen molar-refractivity contribution in [3.63, 3.8) is 0 Å². The number of benzene rings is 1. The number of likely N-dealkylation sites (tertiary alicyclic amines) is 1. The van der Waals surface area contributed by atoms with E-state index >= 15 is 0 Å². The fourth-order valence-electron chi connectivity index (χ4n) is 3.29. The number of hydrogen-bond donors (Lipinski definition) is 2. The standard InChI is InChI=1S/C15H17N3O2/c19-14(13-10-4-1-2-5-11(10)16-17-13)18-9-3-6-12(18)15(20)7-8-15/h1-2,4-5,12,20H,3,6-9H2,(H,16,17). The van der Waals surface area contributed by atoms with Crippen LogP contribution in [0.3, 0.4) is 0 Å². The Kier molecular flexibility index (Phi) is 2.41. The lowest BCUT2D eigenvalue weighted by molar-refractivity contribution is 0.0383. The molecule has 20 heavy (non-hydrogen) atoms. The van der Waals surface area contributed by atoms with E-state index in [0.717, 1.165) is 36.6 Å². The van der Waals surface area contributed by atoms with Gasteiger partial charge in [0.15, 0.2) is 5.69 Å². The molecule has 1 aromatic heterocycles. The third-order valence-corrected chi connectivity index (χ3v) is 4.57. The van der Waals surface area contributed by atoms with Crippen molar-refractivity contribution < 1.29 is 9.90 Å². The highest BCUT2D eigenvalue weighted by molar-refractivity contribution is 6.04. The maximum atomic E-state index is 12.7. The molecule has 1 aliphatic heterocycles. The lowest BCUT2D eigenvalue weighted by Crippen LogP contribution is -2.44. The summed E-state index contributed by atoms with van der Waals surface area (Å²) in [5.41, 5.74) is 0.701. The van der Waals surface area contributed by atoms with Gasteiger partial charge in [-0.2, -0.15) is 5.10 Å². The van der Waals surface area contributed by atoms with Gasteiger partial charge in [0.2, 0.25) is 0 Å². The molecule has 0 radical (unpaired) electrons. The van der Waals surface area contributed by atoms with Gasteiger partial charge in [0.05, 0.1) is 17.2 Å². The van der Waals surface area contributed by atoms with E-state index in [1.807, 2.05) is 29.2 Å². The summed E-state index contributed by atoms with van der Waals surface area (Å²) >= 11 is 0. The van der Waals surface area contributed by atoms with Crippen molar-refractivity contribution in [1.82, 2.24) is 15.1 Å². The van der Waals surface area contributed by atoms with E-state index in [0.29, 0.717) is 12.2 Å². The third kappa shape index (κ3) is 1.66. The van der Waals surface area contributed by atoms with Gasteiger partial charge in [0.25, 0.3) is 5.91 Å². The second kappa shape index (κ2) is 4.06. The average Bonchev–Trinajstić information content (AvgIpc) is 2.95. The smallest absolute Gasteiger partial charge is 0.275 e. The van der Waals surface area contributed by atoms with Crippen LogP contribution in [-0.2, 0) is 0 Å². The number of H-pyrrole nitrogens is 1. The largest absolute Gasteiger partial charge is 0.388 e. The fraction of sp³-hybridized carbons (Fsp3) is 0.467. The number of aliphatic hydroxyl groups is 1. The van der Waals surface area contributed by atoms with E-state index in [4.69, 9.17) is 0 Å². The number of nitrogens with one attached hydrogen (secondary N) is 1. The van der Waals surface area contributed by atoms with Crippen molar-refractivity contribution in [1.29, 1.82) is 0 Å². The zero-order valence-electron chi connectivity index (χ0n) is 11.2. The first kappa shape index (κ1) is 11.9. The minimum atomic E-state index is -0.641. The number of carbonyl (C=O) groups is 1. The molecule has 2 aromatic rings. The van der Waals surface area contributed by atoms with Crippen LogP contribution in [0.25, 0.3) is 10.9 Å². The van der Waals surface area contributed by atoms with E-state index in [-0.39, 0.29) is 11.9 Å². The molecular formula is C15H17N3O2. The summed E-state index contributed by atoms with van der Waals surface area (Å²) in [4.78, 5) is 14.6. The number of hydrogen-bond acceptors (Lipinski definition) is 3. The van der Waals surface area contributed by atoms with Crippen LogP contribution in [0.1, 0.15) is 36.2 Å². The van der Waals surface area contributed by atoms with Crippen LogP contribution in [0.5, 0.6) is 0 Å². The Morgan fingerprint density at radius 2 is 2.20 bits per heavy atom. The van der Waals surface area contributed by atoms with Crippen LogP contribution < -0.4 is 0 Å². The Labute approximate surface area is 116 Å². The monoisotopic (exact) mass is 271 g/mol. The first-order valence-electron chi connectivity index (χ1n) is 7.15. The summed E-state index contributed by atoms with van der Waals surface area (Å²) in [7, 11) is 0. The molecule has 104 valence electrons. The van der Waals surface area contributed by atoms with Crippen molar-refractivity contribution in [2.75, 3.05) is 6.54 Å². The van der Waals surface area contributed by atoms with Crippen LogP contribution in [0, 0.1) is 0 Å². The predicted octanol–water partition coefficient (Wildman–Crippen LogP) is 1.69. The number of amides is 1. The Morgan fingerprint density at radius 3 is 3.00 bits per heavy atom. The van der Waals surface area contributed by atoms with Gasteiger partial charge in [-0.25, -0.2) is 0 Å². The molecule has 4 rings (SSSR count). The predicted molar refractivity (Wildman–Crippen MR) is 74.3 cm³/mol. The van der Waals surface area contributed by atoms with Gasteiger partial charge >= 0.3 is 0 Å². The SMILES string of the molecule is O=C(c1n[nH]c2ccccc12)N1CCCC1C1(O)CC1. The van der Waals surface area contributed by atoms with Crippen LogP contribution >= 0.6 is 0 Å². The Hall–Kier alpha value is -1.88. The molecule has 1 saturated heterocycles. The van der Waals surface area contributed by atoms with E-state index in [1.54, 1.807) is 0 Å². The summed E-state index contributed by atoms with van der Waals surface area (Å²) in [5.74, 6) is -0.0646. The van der Waals surface area contributed by atoms with Crippen LogP contribution in [-0.4, -0.2) is 44.3 Å². The Morgan fingerprint density at radius 1 is 1.40 bits per heavy atom. The number of para-hydroxylation sites is 1.